The van der Waals surface area contributed by atoms with E-state index in [0.717, 1.165) is 12.5 Å². The lowest BCUT2D eigenvalue weighted by atomic mass is 9.81. The summed E-state index contributed by atoms with van der Waals surface area (Å²) in [4.78, 5) is 11.5. The van der Waals surface area contributed by atoms with E-state index < -0.39 is 0 Å². The second kappa shape index (κ2) is 4.30. The second-order valence-corrected chi connectivity index (χ2v) is 5.12. The molecule has 0 aromatic heterocycles. The zero-order valence-corrected chi connectivity index (χ0v) is 9.68. The highest BCUT2D eigenvalue weighted by atomic mass is 16.2. The van der Waals surface area contributed by atoms with Crippen molar-refractivity contribution in [1.82, 2.24) is 10.6 Å². The molecule has 3 nitrogen and oxygen atoms in total. The minimum atomic E-state index is -0.298. The number of amides is 1. The maximum atomic E-state index is 11.5. The maximum absolute atomic E-state index is 11.5. The predicted molar refractivity (Wildman–Crippen MR) is 58.0 cm³/mol. The van der Waals surface area contributed by atoms with Gasteiger partial charge in [0.1, 0.15) is 0 Å². The number of rotatable bonds is 4. The molecular formula is C11H22N2O. The van der Waals surface area contributed by atoms with Gasteiger partial charge in [0.25, 0.3) is 0 Å². The Hall–Kier alpha value is -0.570. The minimum absolute atomic E-state index is 0.109. The van der Waals surface area contributed by atoms with E-state index in [1.807, 2.05) is 13.8 Å². The molecule has 82 valence electrons. The smallest absolute Gasteiger partial charge is 0.226 e. The van der Waals surface area contributed by atoms with Crippen LogP contribution >= 0.6 is 0 Å². The Kier molecular flexibility index (Phi) is 3.53. The van der Waals surface area contributed by atoms with E-state index in [0.29, 0.717) is 6.04 Å². The third-order valence-corrected chi connectivity index (χ3v) is 3.05. The van der Waals surface area contributed by atoms with Crippen molar-refractivity contribution in [3.63, 3.8) is 0 Å². The monoisotopic (exact) mass is 198 g/mol. The highest BCUT2D eigenvalue weighted by molar-refractivity contribution is 5.81. The Bertz CT molecular complexity index is 207. The van der Waals surface area contributed by atoms with Crippen LogP contribution in [0.1, 0.15) is 33.6 Å². The summed E-state index contributed by atoms with van der Waals surface area (Å²) in [5, 5.41) is 6.14. The van der Waals surface area contributed by atoms with Crippen LogP contribution in [0.25, 0.3) is 0 Å². The van der Waals surface area contributed by atoms with Crippen LogP contribution in [0.5, 0.6) is 0 Å². The van der Waals surface area contributed by atoms with Crippen LogP contribution in [0.4, 0.5) is 0 Å². The largest absolute Gasteiger partial charge is 0.359 e. The first kappa shape index (κ1) is 11.5. The van der Waals surface area contributed by atoms with Crippen molar-refractivity contribution in [2.24, 2.45) is 11.3 Å². The zero-order chi connectivity index (χ0) is 10.8. The maximum Gasteiger partial charge on any atom is 0.226 e. The van der Waals surface area contributed by atoms with Gasteiger partial charge in [-0.3, -0.25) is 4.79 Å². The highest BCUT2D eigenvalue weighted by Gasteiger charge is 2.30. The zero-order valence-electron chi connectivity index (χ0n) is 9.68. The number of nitrogens with one attached hydrogen (secondary N) is 2. The van der Waals surface area contributed by atoms with Crippen LogP contribution in [0.15, 0.2) is 0 Å². The molecule has 1 amide bonds. The van der Waals surface area contributed by atoms with Crippen LogP contribution < -0.4 is 10.6 Å². The van der Waals surface area contributed by atoms with Crippen LogP contribution in [0.2, 0.25) is 0 Å². The van der Waals surface area contributed by atoms with Gasteiger partial charge in [-0.2, -0.15) is 0 Å². The van der Waals surface area contributed by atoms with E-state index in [9.17, 15) is 4.79 Å². The molecular weight excluding hydrogens is 176 g/mol. The lowest BCUT2D eigenvalue weighted by Crippen LogP contribution is -2.48. The first-order valence-electron chi connectivity index (χ1n) is 5.41. The van der Waals surface area contributed by atoms with Crippen LogP contribution in [0.3, 0.4) is 0 Å². The third-order valence-electron chi connectivity index (χ3n) is 3.05. The fourth-order valence-electron chi connectivity index (χ4n) is 1.89. The lowest BCUT2D eigenvalue weighted by Gasteiger charge is -2.36. The Morgan fingerprint density at radius 3 is 2.43 bits per heavy atom. The minimum Gasteiger partial charge on any atom is -0.359 e. The molecule has 3 heteroatoms. The molecule has 0 radical (unpaired) electrons. The van der Waals surface area contributed by atoms with Crippen LogP contribution in [-0.4, -0.2) is 25.5 Å². The van der Waals surface area contributed by atoms with Gasteiger partial charge in [0, 0.05) is 19.6 Å². The van der Waals surface area contributed by atoms with E-state index in [1.165, 1.54) is 12.8 Å². The summed E-state index contributed by atoms with van der Waals surface area (Å²) < 4.78 is 0. The molecule has 1 saturated carbocycles. The molecule has 0 aromatic rings. The SMILES string of the molecule is CNC(=O)C(C)(C)CNC1CC(C)C1. The molecule has 1 rings (SSSR count). The molecule has 14 heavy (non-hydrogen) atoms. The van der Waals surface area contributed by atoms with Gasteiger partial charge >= 0.3 is 0 Å². The highest BCUT2D eigenvalue weighted by Crippen LogP contribution is 2.27. The average Bonchev–Trinajstić information content (AvgIpc) is 2.09. The van der Waals surface area contributed by atoms with E-state index >= 15 is 0 Å². The molecule has 0 unspecified atom stereocenters. The van der Waals surface area contributed by atoms with Crippen molar-refractivity contribution in [1.29, 1.82) is 0 Å². The summed E-state index contributed by atoms with van der Waals surface area (Å²) >= 11 is 0. The molecule has 0 heterocycles. The molecule has 2 N–H and O–H groups in total. The van der Waals surface area contributed by atoms with E-state index in [2.05, 4.69) is 17.6 Å². The van der Waals surface area contributed by atoms with E-state index in [4.69, 9.17) is 0 Å². The fourth-order valence-corrected chi connectivity index (χ4v) is 1.89. The summed E-state index contributed by atoms with van der Waals surface area (Å²) in [5.74, 6) is 0.966. The van der Waals surface area contributed by atoms with Gasteiger partial charge in [-0.05, 0) is 32.6 Å². The van der Waals surface area contributed by atoms with Gasteiger partial charge in [-0.15, -0.1) is 0 Å². The first-order chi connectivity index (χ1) is 6.45. The molecule has 1 fully saturated rings. The lowest BCUT2D eigenvalue weighted by molar-refractivity contribution is -0.128. The molecule has 0 spiro atoms. The summed E-state index contributed by atoms with van der Waals surface area (Å²) in [7, 11) is 1.69. The summed E-state index contributed by atoms with van der Waals surface area (Å²) in [5.41, 5.74) is -0.298. The summed E-state index contributed by atoms with van der Waals surface area (Å²) in [6.07, 6.45) is 2.51. The molecule has 0 atom stereocenters. The summed E-state index contributed by atoms with van der Waals surface area (Å²) in [6.45, 7) is 6.98. The quantitative estimate of drug-likeness (QED) is 0.711. The molecule has 0 aliphatic heterocycles. The normalized spacial score (nSPS) is 26.9. The van der Waals surface area contributed by atoms with Crippen molar-refractivity contribution in [2.75, 3.05) is 13.6 Å². The number of carbonyl (C=O) groups is 1. The first-order valence-corrected chi connectivity index (χ1v) is 5.41. The summed E-state index contributed by atoms with van der Waals surface area (Å²) in [6, 6.07) is 0.633. The Labute approximate surface area is 86.6 Å². The Morgan fingerprint density at radius 1 is 1.43 bits per heavy atom. The Balaban J connectivity index is 2.26. The number of carbonyl (C=O) groups excluding carboxylic acids is 1. The van der Waals surface area contributed by atoms with Gasteiger partial charge in [-0.1, -0.05) is 6.92 Å². The van der Waals surface area contributed by atoms with Gasteiger partial charge in [0.2, 0.25) is 5.91 Å². The second-order valence-electron chi connectivity index (χ2n) is 5.12. The van der Waals surface area contributed by atoms with Crippen LogP contribution in [-0.2, 0) is 4.79 Å². The van der Waals surface area contributed by atoms with Gasteiger partial charge in [0.15, 0.2) is 0 Å². The van der Waals surface area contributed by atoms with Crippen molar-refractivity contribution < 1.29 is 4.79 Å². The predicted octanol–water partition coefficient (Wildman–Crippen LogP) is 1.15. The van der Waals surface area contributed by atoms with Crippen molar-refractivity contribution in [2.45, 2.75) is 39.7 Å². The van der Waals surface area contributed by atoms with Gasteiger partial charge < -0.3 is 10.6 Å². The Morgan fingerprint density at radius 2 is 2.00 bits per heavy atom. The molecule has 0 bridgehead atoms. The van der Waals surface area contributed by atoms with Crippen molar-refractivity contribution in [3.8, 4) is 0 Å². The molecule has 0 saturated heterocycles. The molecule has 1 aliphatic carbocycles. The molecule has 0 aromatic carbocycles. The molecule has 1 aliphatic rings. The third kappa shape index (κ3) is 2.71. The number of hydrogen-bond acceptors (Lipinski definition) is 2. The fraction of sp³-hybridized carbons (Fsp3) is 0.909. The van der Waals surface area contributed by atoms with E-state index in [1.54, 1.807) is 7.05 Å². The van der Waals surface area contributed by atoms with Crippen molar-refractivity contribution in [3.05, 3.63) is 0 Å². The van der Waals surface area contributed by atoms with Gasteiger partial charge in [-0.25, -0.2) is 0 Å². The topological polar surface area (TPSA) is 41.1 Å². The van der Waals surface area contributed by atoms with Crippen molar-refractivity contribution >= 4 is 5.91 Å². The standard InChI is InChI=1S/C11H22N2O/c1-8-5-9(6-8)13-7-11(2,3)10(14)12-4/h8-9,13H,5-7H2,1-4H3,(H,12,14). The number of hydrogen-bond donors (Lipinski definition) is 2. The van der Waals surface area contributed by atoms with E-state index in [-0.39, 0.29) is 11.3 Å². The average molecular weight is 198 g/mol. The van der Waals surface area contributed by atoms with Crippen LogP contribution in [0, 0.1) is 11.3 Å². The van der Waals surface area contributed by atoms with Gasteiger partial charge in [0.05, 0.1) is 5.41 Å².